The molecule has 3 N–H and O–H groups in total. The number of hydrogen-bond donors (Lipinski definition) is 2. The predicted molar refractivity (Wildman–Crippen MR) is 66.0 cm³/mol. The summed E-state index contributed by atoms with van der Waals surface area (Å²) < 4.78 is 0. The molecule has 100 valence electrons. The predicted octanol–water partition coefficient (Wildman–Crippen LogP) is 1.62. The van der Waals surface area contributed by atoms with Gasteiger partial charge in [-0.1, -0.05) is 34.1 Å². The summed E-state index contributed by atoms with van der Waals surface area (Å²) in [6, 6.07) is -0.435. The average Bonchev–Trinajstić information content (AvgIpc) is 2.31. The third kappa shape index (κ3) is 4.73. The molecule has 0 aromatic heterocycles. The van der Waals surface area contributed by atoms with Crippen LogP contribution in [0.25, 0.3) is 0 Å². The number of carboxylic acids is 1. The van der Waals surface area contributed by atoms with Crippen LogP contribution in [-0.2, 0) is 9.59 Å². The molecule has 5 heteroatoms. The minimum Gasteiger partial charge on any atom is -0.481 e. The van der Waals surface area contributed by atoms with Gasteiger partial charge in [-0.3, -0.25) is 14.6 Å². The summed E-state index contributed by atoms with van der Waals surface area (Å²) >= 11 is 0. The molecule has 0 bridgehead atoms. The molecule has 0 aliphatic heterocycles. The molecule has 0 aliphatic rings. The van der Waals surface area contributed by atoms with E-state index in [9.17, 15) is 9.59 Å². The maximum absolute atomic E-state index is 11.6. The third-order valence-electron chi connectivity index (χ3n) is 3.48. The normalized spacial score (nSPS) is 16.1. The molecule has 0 radical (unpaired) electrons. The Morgan fingerprint density at radius 3 is 2.18 bits per heavy atom. The summed E-state index contributed by atoms with van der Waals surface area (Å²) in [4.78, 5) is 22.4. The highest BCUT2D eigenvalue weighted by Gasteiger charge is 2.30. The van der Waals surface area contributed by atoms with E-state index in [0.29, 0.717) is 12.3 Å². The molecule has 0 rings (SSSR count). The zero-order chi connectivity index (χ0) is 13.6. The lowest BCUT2D eigenvalue weighted by Crippen LogP contribution is -2.50. The summed E-state index contributed by atoms with van der Waals surface area (Å²) in [5.74, 6) is 4.99. The van der Waals surface area contributed by atoms with Gasteiger partial charge in [0.15, 0.2) is 0 Å². The topological polar surface area (TPSA) is 83.6 Å². The second kappa shape index (κ2) is 7.27. The number of rotatable bonds is 7. The van der Waals surface area contributed by atoms with Gasteiger partial charge in [0.25, 0.3) is 0 Å². The van der Waals surface area contributed by atoms with Gasteiger partial charge < -0.3 is 5.11 Å². The molecule has 1 amide bonds. The van der Waals surface area contributed by atoms with Gasteiger partial charge in [-0.25, -0.2) is 5.84 Å². The van der Waals surface area contributed by atoms with E-state index in [0.717, 1.165) is 11.4 Å². The molecular weight excluding hydrogens is 220 g/mol. The number of carbonyl (C=O) groups excluding carboxylic acids is 1. The van der Waals surface area contributed by atoms with Crippen molar-refractivity contribution in [2.45, 2.75) is 53.0 Å². The van der Waals surface area contributed by atoms with Gasteiger partial charge in [-0.05, 0) is 11.8 Å². The average molecular weight is 244 g/mol. The van der Waals surface area contributed by atoms with Gasteiger partial charge >= 0.3 is 5.97 Å². The fraction of sp³-hybridized carbons (Fsp3) is 0.833. The zero-order valence-electron chi connectivity index (χ0n) is 11.1. The van der Waals surface area contributed by atoms with Crippen LogP contribution in [0.15, 0.2) is 0 Å². The number of carbonyl (C=O) groups is 2. The van der Waals surface area contributed by atoms with Crippen LogP contribution in [0.5, 0.6) is 0 Å². The second-order valence-corrected chi connectivity index (χ2v) is 4.56. The van der Waals surface area contributed by atoms with Crippen molar-refractivity contribution in [2.75, 3.05) is 0 Å². The van der Waals surface area contributed by atoms with E-state index < -0.39 is 12.0 Å². The molecule has 3 atom stereocenters. The molecule has 17 heavy (non-hydrogen) atoms. The number of hydrogen-bond acceptors (Lipinski definition) is 3. The number of amides is 1. The first-order valence-corrected chi connectivity index (χ1v) is 6.13. The lowest BCUT2D eigenvalue weighted by Gasteiger charge is -2.34. The first-order chi connectivity index (χ1) is 7.84. The lowest BCUT2D eigenvalue weighted by molar-refractivity contribution is -0.142. The number of aliphatic carboxylic acids is 1. The van der Waals surface area contributed by atoms with Crippen LogP contribution >= 0.6 is 0 Å². The Balaban J connectivity index is 4.85. The largest absolute Gasteiger partial charge is 0.481 e. The van der Waals surface area contributed by atoms with Crippen LogP contribution in [0.3, 0.4) is 0 Å². The van der Waals surface area contributed by atoms with Crippen LogP contribution < -0.4 is 5.84 Å². The monoisotopic (exact) mass is 244 g/mol. The fourth-order valence-electron chi connectivity index (χ4n) is 1.84. The van der Waals surface area contributed by atoms with Crippen LogP contribution in [0.4, 0.5) is 0 Å². The minimum absolute atomic E-state index is 0.0663. The van der Waals surface area contributed by atoms with E-state index >= 15 is 0 Å². The van der Waals surface area contributed by atoms with Gasteiger partial charge in [0.2, 0.25) is 5.91 Å². The van der Waals surface area contributed by atoms with E-state index in [-0.39, 0.29) is 18.2 Å². The molecule has 0 saturated heterocycles. The highest BCUT2D eigenvalue weighted by molar-refractivity contribution is 5.76. The maximum Gasteiger partial charge on any atom is 0.305 e. The first kappa shape index (κ1) is 15.9. The molecule has 0 fully saturated rings. The summed E-state index contributed by atoms with van der Waals surface area (Å²) in [6.07, 6.45) is 1.12. The lowest BCUT2D eigenvalue weighted by atomic mass is 9.85. The van der Waals surface area contributed by atoms with E-state index in [1.807, 2.05) is 20.8 Å². The standard InChI is InChI=1S/C12H24N2O3/c1-5-8(3)9(4)10(7-12(16)17)14(13)11(15)6-2/h8-10H,5-7,13H2,1-4H3,(H,16,17). The molecule has 0 saturated carbocycles. The van der Waals surface area contributed by atoms with Crippen LogP contribution in [0.2, 0.25) is 0 Å². The quantitative estimate of drug-likeness (QED) is 0.405. The van der Waals surface area contributed by atoms with Crippen molar-refractivity contribution in [2.24, 2.45) is 17.7 Å². The molecule has 0 spiro atoms. The summed E-state index contributed by atoms with van der Waals surface area (Å²) in [7, 11) is 0. The van der Waals surface area contributed by atoms with Crippen molar-refractivity contribution in [1.29, 1.82) is 0 Å². The SMILES string of the molecule is CCC(=O)N(N)C(CC(=O)O)C(C)C(C)CC. The Morgan fingerprint density at radius 1 is 1.29 bits per heavy atom. The fourth-order valence-corrected chi connectivity index (χ4v) is 1.84. The summed E-state index contributed by atoms with van der Waals surface area (Å²) in [5, 5.41) is 10.00. The Labute approximate surface area is 103 Å². The minimum atomic E-state index is -0.926. The highest BCUT2D eigenvalue weighted by atomic mass is 16.4. The molecule has 0 aliphatic carbocycles. The van der Waals surface area contributed by atoms with Crippen molar-refractivity contribution in [3.8, 4) is 0 Å². The molecule has 0 aromatic rings. The third-order valence-corrected chi connectivity index (χ3v) is 3.48. The molecule has 3 unspecified atom stereocenters. The van der Waals surface area contributed by atoms with Gasteiger partial charge in [-0.15, -0.1) is 0 Å². The Morgan fingerprint density at radius 2 is 1.82 bits per heavy atom. The molecule has 0 heterocycles. The number of carboxylic acid groups (broad SMARTS) is 1. The van der Waals surface area contributed by atoms with Crippen molar-refractivity contribution in [1.82, 2.24) is 5.01 Å². The van der Waals surface area contributed by atoms with Crippen molar-refractivity contribution >= 4 is 11.9 Å². The number of hydrazine groups is 1. The van der Waals surface area contributed by atoms with Crippen molar-refractivity contribution < 1.29 is 14.7 Å². The Bertz CT molecular complexity index is 268. The van der Waals surface area contributed by atoms with Gasteiger partial charge in [-0.2, -0.15) is 0 Å². The Kier molecular flexibility index (Phi) is 6.80. The van der Waals surface area contributed by atoms with Crippen molar-refractivity contribution in [3.63, 3.8) is 0 Å². The van der Waals surface area contributed by atoms with E-state index in [1.54, 1.807) is 6.92 Å². The van der Waals surface area contributed by atoms with Gasteiger partial charge in [0.05, 0.1) is 12.5 Å². The van der Waals surface area contributed by atoms with Crippen LogP contribution in [0, 0.1) is 11.8 Å². The highest BCUT2D eigenvalue weighted by Crippen LogP contribution is 2.23. The first-order valence-electron chi connectivity index (χ1n) is 6.13. The maximum atomic E-state index is 11.6. The van der Waals surface area contributed by atoms with E-state index in [1.165, 1.54) is 0 Å². The van der Waals surface area contributed by atoms with Gasteiger partial charge in [0.1, 0.15) is 0 Å². The van der Waals surface area contributed by atoms with Crippen LogP contribution in [-0.4, -0.2) is 28.0 Å². The smallest absolute Gasteiger partial charge is 0.305 e. The Hall–Kier alpha value is -1.10. The molecular formula is C12H24N2O3. The second-order valence-electron chi connectivity index (χ2n) is 4.56. The van der Waals surface area contributed by atoms with Crippen LogP contribution in [0.1, 0.15) is 47.0 Å². The van der Waals surface area contributed by atoms with E-state index in [4.69, 9.17) is 10.9 Å². The summed E-state index contributed by atoms with van der Waals surface area (Å²) in [6.45, 7) is 7.75. The van der Waals surface area contributed by atoms with E-state index in [2.05, 4.69) is 0 Å². The summed E-state index contributed by atoms with van der Waals surface area (Å²) in [5.41, 5.74) is 0. The van der Waals surface area contributed by atoms with Gasteiger partial charge in [0, 0.05) is 6.42 Å². The number of nitrogens with two attached hydrogens (primary N) is 1. The molecule has 0 aromatic carbocycles. The molecule has 5 nitrogen and oxygen atoms in total. The zero-order valence-corrected chi connectivity index (χ0v) is 11.1. The van der Waals surface area contributed by atoms with Crippen molar-refractivity contribution in [3.05, 3.63) is 0 Å². The number of nitrogens with zero attached hydrogens (tertiary/aromatic N) is 1.